The number of rotatable bonds is 3. The molecule has 1 unspecified atom stereocenters. The molecule has 2 aliphatic rings. The van der Waals surface area contributed by atoms with Gasteiger partial charge in [-0.15, -0.1) is 0 Å². The Morgan fingerprint density at radius 2 is 2.15 bits per heavy atom. The maximum atomic E-state index is 12.8. The molecule has 2 aromatic rings. The second kappa shape index (κ2) is 6.38. The summed E-state index contributed by atoms with van der Waals surface area (Å²) < 4.78 is 11.7. The summed E-state index contributed by atoms with van der Waals surface area (Å²) in [7, 11) is 5.23. The Kier molecular flexibility index (Phi) is 4.14. The molecule has 10 heteroatoms. The van der Waals surface area contributed by atoms with Crippen LogP contribution in [0.4, 0.5) is 5.69 Å². The fraction of sp³-hybridized carbons (Fsp3) is 0.529. The summed E-state index contributed by atoms with van der Waals surface area (Å²) in [5, 5.41) is 7.86. The molecule has 0 saturated carbocycles. The first-order valence-electron chi connectivity index (χ1n) is 8.72. The Labute approximate surface area is 156 Å². The fourth-order valence-electron chi connectivity index (χ4n) is 3.82. The first-order valence-corrected chi connectivity index (χ1v) is 8.72. The van der Waals surface area contributed by atoms with E-state index < -0.39 is 0 Å². The number of nitrogens with zero attached hydrogens (tertiary/aromatic N) is 6. The van der Waals surface area contributed by atoms with Crippen LogP contribution in [0.2, 0.25) is 0 Å². The Balaban J connectivity index is 1.54. The van der Waals surface area contributed by atoms with Gasteiger partial charge in [0.2, 0.25) is 11.7 Å². The van der Waals surface area contributed by atoms with Gasteiger partial charge in [0.15, 0.2) is 0 Å². The molecule has 0 radical (unpaired) electrons. The number of piperazine rings is 1. The van der Waals surface area contributed by atoms with Crippen molar-refractivity contribution in [2.45, 2.75) is 12.0 Å². The average Bonchev–Trinajstić information content (AvgIpc) is 3.38. The normalized spacial score (nSPS) is 23.4. The minimum atomic E-state index is -0.302. The SMILES string of the molecule is COc1cc(C(=O)N2CCC3(C2)CN(c2cnn(C)c2)C(=O)CN3C)on1. The Morgan fingerprint density at radius 3 is 2.81 bits per heavy atom. The predicted octanol–water partition coefficient (Wildman–Crippen LogP) is -0.0200. The summed E-state index contributed by atoms with van der Waals surface area (Å²) in [6.45, 7) is 1.90. The monoisotopic (exact) mass is 374 g/mol. The third kappa shape index (κ3) is 2.95. The number of methoxy groups -OCH3 is 1. The van der Waals surface area contributed by atoms with E-state index in [4.69, 9.17) is 9.26 Å². The minimum absolute atomic E-state index is 0.0286. The van der Waals surface area contributed by atoms with Crippen LogP contribution in [0, 0.1) is 0 Å². The summed E-state index contributed by atoms with van der Waals surface area (Å²) in [4.78, 5) is 30.9. The van der Waals surface area contributed by atoms with E-state index in [1.54, 1.807) is 20.7 Å². The van der Waals surface area contributed by atoms with Crippen molar-refractivity contribution in [3.63, 3.8) is 0 Å². The number of ether oxygens (including phenoxy) is 1. The molecule has 2 fully saturated rings. The van der Waals surface area contributed by atoms with Crippen molar-refractivity contribution in [1.82, 2.24) is 24.7 Å². The number of likely N-dealkylation sites (tertiary alicyclic amines) is 1. The highest BCUT2D eigenvalue weighted by molar-refractivity contribution is 5.96. The molecule has 4 heterocycles. The number of hydrogen-bond donors (Lipinski definition) is 0. The van der Waals surface area contributed by atoms with Crippen molar-refractivity contribution in [2.24, 2.45) is 7.05 Å². The molecule has 2 amide bonds. The first-order chi connectivity index (χ1) is 12.9. The van der Waals surface area contributed by atoms with Crippen molar-refractivity contribution in [3.05, 3.63) is 24.2 Å². The highest BCUT2D eigenvalue weighted by atomic mass is 16.5. The molecular weight excluding hydrogens is 352 g/mol. The smallest absolute Gasteiger partial charge is 0.292 e. The van der Waals surface area contributed by atoms with Gasteiger partial charge in [0.1, 0.15) is 0 Å². The van der Waals surface area contributed by atoms with Crippen LogP contribution in [0.5, 0.6) is 5.88 Å². The lowest BCUT2D eigenvalue weighted by molar-refractivity contribution is -0.123. The topological polar surface area (TPSA) is 96.9 Å². The van der Waals surface area contributed by atoms with Gasteiger partial charge >= 0.3 is 0 Å². The van der Waals surface area contributed by atoms with Gasteiger partial charge in [-0.2, -0.15) is 5.10 Å². The average molecular weight is 374 g/mol. The molecule has 144 valence electrons. The van der Waals surface area contributed by atoms with Crippen molar-refractivity contribution in [1.29, 1.82) is 0 Å². The lowest BCUT2D eigenvalue weighted by atomic mass is 9.93. The summed E-state index contributed by atoms with van der Waals surface area (Å²) in [6.07, 6.45) is 4.29. The van der Waals surface area contributed by atoms with Crippen LogP contribution in [-0.2, 0) is 11.8 Å². The van der Waals surface area contributed by atoms with Crippen molar-refractivity contribution < 1.29 is 18.8 Å². The number of hydrogen-bond acceptors (Lipinski definition) is 7. The summed E-state index contributed by atoms with van der Waals surface area (Å²) >= 11 is 0. The molecule has 1 atom stereocenters. The Bertz CT molecular complexity index is 876. The summed E-state index contributed by atoms with van der Waals surface area (Å²) in [5.74, 6) is 0.236. The molecule has 0 bridgehead atoms. The minimum Gasteiger partial charge on any atom is -0.479 e. The summed E-state index contributed by atoms with van der Waals surface area (Å²) in [5.41, 5.74) is 0.475. The third-order valence-electron chi connectivity index (χ3n) is 5.47. The molecule has 10 nitrogen and oxygen atoms in total. The van der Waals surface area contributed by atoms with Crippen LogP contribution in [0.25, 0.3) is 0 Å². The summed E-state index contributed by atoms with van der Waals surface area (Å²) in [6, 6.07) is 1.49. The van der Waals surface area contributed by atoms with Gasteiger partial charge in [0.05, 0.1) is 37.1 Å². The number of amides is 2. The molecule has 4 rings (SSSR count). The maximum absolute atomic E-state index is 12.8. The van der Waals surface area contributed by atoms with Gasteiger partial charge < -0.3 is 19.1 Å². The number of carbonyl (C=O) groups is 2. The van der Waals surface area contributed by atoms with Crippen LogP contribution >= 0.6 is 0 Å². The van der Waals surface area contributed by atoms with Crippen LogP contribution in [0.1, 0.15) is 17.0 Å². The van der Waals surface area contributed by atoms with E-state index in [9.17, 15) is 9.59 Å². The number of anilines is 1. The molecule has 2 aliphatic heterocycles. The number of aromatic nitrogens is 3. The van der Waals surface area contributed by atoms with Gasteiger partial charge in [-0.3, -0.25) is 19.2 Å². The number of likely N-dealkylation sites (N-methyl/N-ethyl adjacent to an activating group) is 1. The van der Waals surface area contributed by atoms with E-state index in [-0.39, 0.29) is 29.0 Å². The second-order valence-corrected chi connectivity index (χ2v) is 7.14. The highest BCUT2D eigenvalue weighted by Gasteiger charge is 2.49. The Morgan fingerprint density at radius 1 is 1.33 bits per heavy atom. The van der Waals surface area contributed by atoms with Gasteiger partial charge in [-0.05, 0) is 18.6 Å². The lowest BCUT2D eigenvalue weighted by Gasteiger charge is -2.46. The molecular formula is C17H22N6O4. The predicted molar refractivity (Wildman–Crippen MR) is 94.5 cm³/mol. The maximum Gasteiger partial charge on any atom is 0.292 e. The zero-order chi connectivity index (χ0) is 19.2. The van der Waals surface area contributed by atoms with Crippen LogP contribution < -0.4 is 9.64 Å². The molecule has 27 heavy (non-hydrogen) atoms. The van der Waals surface area contributed by atoms with Crippen LogP contribution in [0.15, 0.2) is 23.0 Å². The van der Waals surface area contributed by atoms with Crippen molar-refractivity contribution >= 4 is 17.5 Å². The van der Waals surface area contributed by atoms with Crippen molar-refractivity contribution in [3.8, 4) is 5.88 Å². The van der Waals surface area contributed by atoms with E-state index in [2.05, 4.69) is 15.2 Å². The van der Waals surface area contributed by atoms with Crippen LogP contribution in [0.3, 0.4) is 0 Å². The molecule has 2 aromatic heterocycles. The first kappa shape index (κ1) is 17.5. The van der Waals surface area contributed by atoms with E-state index in [1.807, 2.05) is 20.3 Å². The van der Waals surface area contributed by atoms with E-state index in [1.165, 1.54) is 13.2 Å². The van der Waals surface area contributed by atoms with Gasteiger partial charge in [-0.1, -0.05) is 0 Å². The van der Waals surface area contributed by atoms with Crippen molar-refractivity contribution in [2.75, 3.05) is 45.2 Å². The number of carbonyl (C=O) groups excluding carboxylic acids is 2. The van der Waals surface area contributed by atoms with Gasteiger partial charge in [-0.25, -0.2) is 0 Å². The zero-order valence-electron chi connectivity index (χ0n) is 15.6. The third-order valence-corrected chi connectivity index (χ3v) is 5.47. The molecule has 2 saturated heterocycles. The van der Waals surface area contributed by atoms with Crippen LogP contribution in [-0.4, -0.2) is 82.4 Å². The molecule has 1 spiro atoms. The quantitative estimate of drug-likeness (QED) is 0.745. The standard InChI is InChI=1S/C17H22N6O4/c1-20-9-15(24)23(12-7-18-21(2)8-12)11-17(20)4-5-22(10-17)16(25)13-6-14(26-3)19-27-13/h6-8H,4-5,9-11H2,1-3H3. The van der Waals surface area contributed by atoms with E-state index in [0.717, 1.165) is 12.1 Å². The largest absolute Gasteiger partial charge is 0.479 e. The van der Waals surface area contributed by atoms with E-state index >= 15 is 0 Å². The highest BCUT2D eigenvalue weighted by Crippen LogP contribution is 2.34. The molecule has 0 N–H and O–H groups in total. The van der Waals surface area contributed by atoms with Gasteiger partial charge in [0, 0.05) is 32.9 Å². The number of aryl methyl sites for hydroxylation is 1. The van der Waals surface area contributed by atoms with Gasteiger partial charge in [0.25, 0.3) is 11.8 Å². The Hall–Kier alpha value is -2.88. The van der Waals surface area contributed by atoms with E-state index in [0.29, 0.717) is 26.2 Å². The lowest BCUT2D eigenvalue weighted by Crippen LogP contribution is -2.64. The second-order valence-electron chi connectivity index (χ2n) is 7.14. The molecule has 0 aromatic carbocycles. The fourth-order valence-corrected chi connectivity index (χ4v) is 3.82. The zero-order valence-corrected chi connectivity index (χ0v) is 15.6. The molecule has 0 aliphatic carbocycles.